The summed E-state index contributed by atoms with van der Waals surface area (Å²) >= 11 is 0. The predicted octanol–water partition coefficient (Wildman–Crippen LogP) is 4.01. The Balaban J connectivity index is 1.56. The molecule has 0 aliphatic carbocycles. The number of hydrogen-bond acceptors (Lipinski definition) is 5. The van der Waals surface area contributed by atoms with Crippen molar-refractivity contribution < 1.29 is 18.0 Å². The predicted molar refractivity (Wildman–Crippen MR) is 114 cm³/mol. The number of fused-ring (bicyclic) bond motifs is 1. The van der Waals surface area contributed by atoms with Crippen LogP contribution in [0.15, 0.2) is 36.5 Å². The molecule has 0 saturated carbocycles. The quantitative estimate of drug-likeness (QED) is 0.433. The van der Waals surface area contributed by atoms with Crippen molar-refractivity contribution in [3.8, 4) is 11.4 Å². The molecule has 0 bridgehead atoms. The van der Waals surface area contributed by atoms with Crippen LogP contribution in [-0.4, -0.2) is 43.6 Å². The molecule has 0 spiro atoms. The average molecular weight is 443 g/mol. The van der Waals surface area contributed by atoms with Crippen molar-refractivity contribution in [3.05, 3.63) is 53.2 Å². The van der Waals surface area contributed by atoms with E-state index in [0.717, 1.165) is 22.2 Å². The van der Waals surface area contributed by atoms with Crippen LogP contribution in [0.3, 0.4) is 0 Å². The Morgan fingerprint density at radius 2 is 1.97 bits per heavy atom. The number of halogens is 3. The first kappa shape index (κ1) is 21.3. The number of rotatable bonds is 5. The Bertz CT molecular complexity index is 1310. The van der Waals surface area contributed by atoms with Gasteiger partial charge in [0.2, 0.25) is 5.95 Å². The van der Waals surface area contributed by atoms with Gasteiger partial charge in [-0.3, -0.25) is 9.89 Å². The van der Waals surface area contributed by atoms with Crippen LogP contribution in [0, 0.1) is 13.8 Å². The number of nitrogens with one attached hydrogen (secondary N) is 3. The van der Waals surface area contributed by atoms with Crippen molar-refractivity contribution in [1.29, 1.82) is 0 Å². The molecular formula is C21H20F3N7O. The number of carbonyl (C=O) groups is 1. The van der Waals surface area contributed by atoms with E-state index in [1.807, 2.05) is 24.4 Å². The van der Waals surface area contributed by atoms with Crippen LogP contribution in [0.1, 0.15) is 21.5 Å². The van der Waals surface area contributed by atoms with E-state index in [1.165, 1.54) is 6.07 Å². The van der Waals surface area contributed by atoms with Gasteiger partial charge >= 0.3 is 6.18 Å². The lowest BCUT2D eigenvalue weighted by Gasteiger charge is -2.10. The molecule has 2 aromatic heterocycles. The highest BCUT2D eigenvalue weighted by Gasteiger charge is 2.28. The van der Waals surface area contributed by atoms with E-state index < -0.39 is 18.6 Å². The Kier molecular flexibility index (Phi) is 5.33. The number of carbonyl (C=O) groups excluding carboxylic acids is 1. The van der Waals surface area contributed by atoms with Gasteiger partial charge in [0.25, 0.3) is 5.91 Å². The van der Waals surface area contributed by atoms with Crippen LogP contribution >= 0.6 is 0 Å². The summed E-state index contributed by atoms with van der Waals surface area (Å²) in [6.45, 7) is 2.24. The first-order valence-electron chi connectivity index (χ1n) is 9.69. The van der Waals surface area contributed by atoms with Crippen LogP contribution in [0.4, 0.5) is 24.8 Å². The fraction of sp³-hybridized carbons (Fsp3) is 0.238. The van der Waals surface area contributed by atoms with Crippen LogP contribution < -0.4 is 10.6 Å². The van der Waals surface area contributed by atoms with Crippen molar-refractivity contribution in [3.63, 3.8) is 0 Å². The van der Waals surface area contributed by atoms with E-state index in [1.54, 1.807) is 37.0 Å². The Hall–Kier alpha value is -3.89. The second-order valence-electron chi connectivity index (χ2n) is 7.40. The normalized spacial score (nSPS) is 11.7. The van der Waals surface area contributed by atoms with E-state index in [0.29, 0.717) is 22.9 Å². The van der Waals surface area contributed by atoms with Gasteiger partial charge in [-0.05, 0) is 49.2 Å². The highest BCUT2D eigenvalue weighted by Crippen LogP contribution is 2.27. The second-order valence-corrected chi connectivity index (χ2v) is 7.40. The lowest BCUT2D eigenvalue weighted by atomic mass is 10.0. The highest BCUT2D eigenvalue weighted by atomic mass is 19.4. The largest absolute Gasteiger partial charge is 0.405 e. The molecule has 2 aromatic carbocycles. The molecule has 2 heterocycles. The van der Waals surface area contributed by atoms with E-state index in [9.17, 15) is 18.0 Å². The van der Waals surface area contributed by atoms with Gasteiger partial charge in [-0.15, -0.1) is 5.10 Å². The van der Waals surface area contributed by atoms with Crippen LogP contribution in [0.2, 0.25) is 0 Å². The molecule has 32 heavy (non-hydrogen) atoms. The molecule has 11 heteroatoms. The van der Waals surface area contributed by atoms with E-state index >= 15 is 0 Å². The molecular weight excluding hydrogens is 423 g/mol. The zero-order valence-corrected chi connectivity index (χ0v) is 17.5. The van der Waals surface area contributed by atoms with Gasteiger partial charge in [0.1, 0.15) is 6.54 Å². The summed E-state index contributed by atoms with van der Waals surface area (Å²) < 4.78 is 38.7. The van der Waals surface area contributed by atoms with Gasteiger partial charge < -0.3 is 10.6 Å². The summed E-state index contributed by atoms with van der Waals surface area (Å²) in [6, 6.07) is 8.59. The molecule has 0 aliphatic heterocycles. The number of aromatic nitrogens is 5. The number of nitrogens with zero attached hydrogens (tertiary/aromatic N) is 4. The Morgan fingerprint density at radius 1 is 1.19 bits per heavy atom. The molecule has 0 fully saturated rings. The van der Waals surface area contributed by atoms with Gasteiger partial charge in [0.05, 0.1) is 11.7 Å². The third-order valence-electron chi connectivity index (χ3n) is 5.08. The molecule has 0 unspecified atom stereocenters. The maximum Gasteiger partial charge on any atom is 0.405 e. The second kappa shape index (κ2) is 7.98. The first-order valence-corrected chi connectivity index (χ1v) is 9.69. The number of alkyl halides is 3. The standard InChI is InChI=1S/C21H20F3N7O/c1-11-8-13(4-5-14(11)19(32)25-10-21(22,23)24)18-28-20(31(3)30-18)27-16-6-7-17-15(12(16)2)9-26-29-17/h4-9H,10H2,1-3H3,(H,25,32)(H,26,29)(H,27,28,30). The zero-order valence-electron chi connectivity index (χ0n) is 17.5. The summed E-state index contributed by atoms with van der Waals surface area (Å²) in [5, 5.41) is 17.5. The van der Waals surface area contributed by atoms with E-state index in [-0.39, 0.29) is 5.56 Å². The van der Waals surface area contributed by atoms with E-state index in [4.69, 9.17) is 0 Å². The summed E-state index contributed by atoms with van der Waals surface area (Å²) in [5.74, 6) is 0.144. The number of amides is 1. The molecule has 3 N–H and O–H groups in total. The third-order valence-corrected chi connectivity index (χ3v) is 5.08. The lowest BCUT2D eigenvalue weighted by Crippen LogP contribution is -2.34. The molecule has 4 rings (SSSR count). The Morgan fingerprint density at radius 3 is 2.69 bits per heavy atom. The topological polar surface area (TPSA) is 101 Å². The van der Waals surface area contributed by atoms with E-state index in [2.05, 4.69) is 25.6 Å². The molecule has 0 radical (unpaired) electrons. The average Bonchev–Trinajstić information content (AvgIpc) is 3.35. The third kappa shape index (κ3) is 4.27. The smallest absolute Gasteiger partial charge is 0.343 e. The molecule has 4 aromatic rings. The molecule has 8 nitrogen and oxygen atoms in total. The molecule has 166 valence electrons. The number of aromatic amines is 1. The maximum absolute atomic E-state index is 12.4. The van der Waals surface area contributed by atoms with Gasteiger partial charge in [0.15, 0.2) is 5.82 Å². The number of aryl methyl sites for hydroxylation is 3. The number of H-pyrrole nitrogens is 1. The maximum atomic E-state index is 12.4. The van der Waals surface area contributed by atoms with Crippen molar-refractivity contribution in [2.45, 2.75) is 20.0 Å². The fourth-order valence-electron chi connectivity index (χ4n) is 3.36. The summed E-state index contributed by atoms with van der Waals surface area (Å²) in [6.07, 6.45) is -2.71. The van der Waals surface area contributed by atoms with Crippen molar-refractivity contribution in [2.24, 2.45) is 7.05 Å². The number of hydrogen-bond donors (Lipinski definition) is 3. The van der Waals surface area contributed by atoms with Crippen LogP contribution in [-0.2, 0) is 7.05 Å². The Labute approximate surface area is 180 Å². The monoisotopic (exact) mass is 443 g/mol. The molecule has 0 saturated heterocycles. The minimum absolute atomic E-state index is 0.163. The molecule has 0 atom stereocenters. The van der Waals surface area contributed by atoms with Gasteiger partial charge in [-0.25, -0.2) is 4.68 Å². The molecule has 1 amide bonds. The number of benzene rings is 2. The first-order chi connectivity index (χ1) is 15.1. The summed E-state index contributed by atoms with van der Waals surface area (Å²) in [5.41, 5.74) is 4.11. The van der Waals surface area contributed by atoms with Crippen LogP contribution in [0.5, 0.6) is 0 Å². The van der Waals surface area contributed by atoms with Gasteiger partial charge in [-0.2, -0.15) is 23.3 Å². The number of anilines is 2. The summed E-state index contributed by atoms with van der Waals surface area (Å²) in [7, 11) is 1.75. The minimum atomic E-state index is -4.47. The minimum Gasteiger partial charge on any atom is -0.343 e. The van der Waals surface area contributed by atoms with Gasteiger partial charge in [-0.1, -0.05) is 6.07 Å². The molecule has 0 aliphatic rings. The van der Waals surface area contributed by atoms with Crippen molar-refractivity contribution >= 4 is 28.4 Å². The summed E-state index contributed by atoms with van der Waals surface area (Å²) in [4.78, 5) is 16.6. The zero-order chi connectivity index (χ0) is 23.0. The lowest BCUT2D eigenvalue weighted by molar-refractivity contribution is -0.123. The fourth-order valence-corrected chi connectivity index (χ4v) is 3.36. The SMILES string of the molecule is Cc1cc(-c2nc(Nc3ccc4[nH]ncc4c3C)n(C)n2)ccc1C(=O)NCC(F)(F)F. The van der Waals surface area contributed by atoms with Crippen LogP contribution in [0.25, 0.3) is 22.3 Å². The highest BCUT2D eigenvalue weighted by molar-refractivity contribution is 5.96. The van der Waals surface area contributed by atoms with Crippen molar-refractivity contribution in [2.75, 3.05) is 11.9 Å². The van der Waals surface area contributed by atoms with Crippen molar-refractivity contribution in [1.82, 2.24) is 30.3 Å². The van der Waals surface area contributed by atoms with Gasteiger partial charge in [0, 0.05) is 29.2 Å².